The number of rotatable bonds is 3. The molecule has 0 spiro atoms. The van der Waals surface area contributed by atoms with Crippen LogP contribution in [0.25, 0.3) is 98.7 Å². The van der Waals surface area contributed by atoms with Crippen LogP contribution in [0.5, 0.6) is 23.0 Å². The molecule has 54 heavy (non-hydrogen) atoms. The van der Waals surface area contributed by atoms with Crippen LogP contribution in [0.4, 0.5) is 0 Å². The molecule has 0 bridgehead atoms. The highest BCUT2D eigenvalue weighted by molar-refractivity contribution is 6.13. The van der Waals surface area contributed by atoms with E-state index in [-0.39, 0.29) is 0 Å². The zero-order valence-corrected chi connectivity index (χ0v) is 29.1. The van der Waals surface area contributed by atoms with Crippen molar-refractivity contribution in [2.24, 2.45) is 0 Å². The molecule has 0 amide bonds. The van der Waals surface area contributed by atoms with E-state index in [1.807, 2.05) is 0 Å². The zero-order chi connectivity index (χ0) is 35.3. The summed E-state index contributed by atoms with van der Waals surface area (Å²) in [6, 6.07) is 65.6. The van der Waals surface area contributed by atoms with E-state index >= 15 is 0 Å². The van der Waals surface area contributed by atoms with Crippen LogP contribution in [0, 0.1) is 0 Å². The number of fused-ring (bicyclic) bond motifs is 6. The Morgan fingerprint density at radius 3 is 1.17 bits per heavy atom. The van der Waals surface area contributed by atoms with Gasteiger partial charge < -0.3 is 9.47 Å². The van der Waals surface area contributed by atoms with E-state index in [2.05, 4.69) is 182 Å². The van der Waals surface area contributed by atoms with Crippen molar-refractivity contribution in [1.82, 2.24) is 0 Å². The minimum absolute atomic E-state index is 0.891. The number of hydrogen-bond donors (Lipinski definition) is 0. The van der Waals surface area contributed by atoms with Crippen molar-refractivity contribution in [3.05, 3.63) is 182 Å². The summed E-state index contributed by atoms with van der Waals surface area (Å²) < 4.78 is 13.1. The Balaban J connectivity index is 0.969. The maximum atomic E-state index is 6.56. The Labute approximate surface area is 312 Å². The van der Waals surface area contributed by atoms with Gasteiger partial charge in [0.05, 0.1) is 0 Å². The molecule has 2 heterocycles. The molecule has 0 saturated heterocycles. The fraction of sp³-hybridized carbons (Fsp3) is 0. The van der Waals surface area contributed by atoms with Gasteiger partial charge in [0, 0.05) is 21.9 Å². The van der Waals surface area contributed by atoms with Gasteiger partial charge in [-0.2, -0.15) is 0 Å². The molecule has 0 atom stereocenters. The summed E-state index contributed by atoms with van der Waals surface area (Å²) in [5.74, 6) is 3.60. The molecule has 2 heteroatoms. The van der Waals surface area contributed by atoms with Crippen molar-refractivity contribution in [2.45, 2.75) is 0 Å². The SMILES string of the molecule is c1cc2c3c(cccc3c1)-c1ccc(-c3cccc4c(-c5ccc(-c6ccc7c(c6)Oc6cccc8cccc-7c68)c6ccccc56)cccc34)cc1O2. The Kier molecular flexibility index (Phi) is 6.09. The molecule has 2 aliphatic heterocycles. The van der Waals surface area contributed by atoms with Crippen molar-refractivity contribution >= 4 is 43.1 Å². The highest BCUT2D eigenvalue weighted by Gasteiger charge is 2.23. The van der Waals surface area contributed by atoms with Gasteiger partial charge in [-0.25, -0.2) is 0 Å². The van der Waals surface area contributed by atoms with Crippen LogP contribution < -0.4 is 9.47 Å². The Hall–Kier alpha value is -7.16. The third-order valence-corrected chi connectivity index (χ3v) is 11.5. The molecule has 10 aromatic carbocycles. The Bertz CT molecular complexity index is 3040. The van der Waals surface area contributed by atoms with Gasteiger partial charge in [-0.3, -0.25) is 0 Å². The van der Waals surface area contributed by atoms with Crippen LogP contribution in [0.1, 0.15) is 0 Å². The van der Waals surface area contributed by atoms with Gasteiger partial charge in [-0.05, 0) is 113 Å². The zero-order valence-electron chi connectivity index (χ0n) is 29.1. The summed E-state index contributed by atoms with van der Waals surface area (Å²) in [5.41, 5.74) is 11.8. The molecular weight excluding hydrogens is 657 g/mol. The molecule has 0 N–H and O–H groups in total. The normalized spacial score (nSPS) is 12.4. The molecule has 0 aromatic heterocycles. The number of ether oxygens (including phenoxy) is 2. The van der Waals surface area contributed by atoms with Crippen LogP contribution in [0.15, 0.2) is 182 Å². The lowest BCUT2D eigenvalue weighted by Gasteiger charge is -2.22. The monoisotopic (exact) mass is 686 g/mol. The van der Waals surface area contributed by atoms with Gasteiger partial charge in [-0.15, -0.1) is 0 Å². The average Bonchev–Trinajstić information content (AvgIpc) is 3.23. The fourth-order valence-corrected chi connectivity index (χ4v) is 9.04. The quantitative estimate of drug-likeness (QED) is 0.184. The van der Waals surface area contributed by atoms with E-state index < -0.39 is 0 Å². The third-order valence-electron chi connectivity index (χ3n) is 11.5. The minimum Gasteiger partial charge on any atom is -0.456 e. The first-order chi connectivity index (χ1) is 26.8. The lowest BCUT2D eigenvalue weighted by Crippen LogP contribution is -1.97. The molecule has 2 aliphatic rings. The maximum absolute atomic E-state index is 6.56. The molecule has 0 unspecified atom stereocenters. The summed E-state index contributed by atoms with van der Waals surface area (Å²) in [4.78, 5) is 0. The lowest BCUT2D eigenvalue weighted by atomic mass is 9.87. The van der Waals surface area contributed by atoms with Gasteiger partial charge in [0.25, 0.3) is 0 Å². The highest BCUT2D eigenvalue weighted by atomic mass is 16.5. The van der Waals surface area contributed by atoms with Gasteiger partial charge in [-0.1, -0.05) is 146 Å². The molecule has 10 aromatic rings. The predicted octanol–water partition coefficient (Wildman–Crippen LogP) is 14.8. The Morgan fingerprint density at radius 1 is 0.241 bits per heavy atom. The van der Waals surface area contributed by atoms with Crippen molar-refractivity contribution in [3.8, 4) is 78.6 Å². The van der Waals surface area contributed by atoms with Crippen LogP contribution in [0.3, 0.4) is 0 Å². The summed E-state index contributed by atoms with van der Waals surface area (Å²) in [6.45, 7) is 0. The molecule has 250 valence electrons. The van der Waals surface area contributed by atoms with Crippen LogP contribution in [-0.4, -0.2) is 0 Å². The molecule has 0 saturated carbocycles. The standard InChI is InChI=1S/C52H30O2/c1-2-14-39-37(13-1)36(34-24-26-44-46-20-4-10-32-12-6-22-48(52(32)46)54-50(44)30-34)27-28-42(39)41-18-8-16-38-35(15-7-17-40(38)41)33-23-25-43-45-19-3-9-31-11-5-21-47(51(31)45)53-49(43)29-33/h1-30H. The van der Waals surface area contributed by atoms with E-state index in [4.69, 9.17) is 9.47 Å². The van der Waals surface area contributed by atoms with Gasteiger partial charge in [0.2, 0.25) is 0 Å². The lowest BCUT2D eigenvalue weighted by molar-refractivity contribution is 0.487. The van der Waals surface area contributed by atoms with Crippen LogP contribution in [-0.2, 0) is 0 Å². The van der Waals surface area contributed by atoms with Crippen molar-refractivity contribution < 1.29 is 9.47 Å². The molecular formula is C52H30O2. The van der Waals surface area contributed by atoms with Gasteiger partial charge >= 0.3 is 0 Å². The first kappa shape index (κ1) is 29.4. The molecule has 12 rings (SSSR count). The van der Waals surface area contributed by atoms with Crippen molar-refractivity contribution in [2.75, 3.05) is 0 Å². The second kappa shape index (κ2) is 11.2. The van der Waals surface area contributed by atoms with E-state index in [1.54, 1.807) is 0 Å². The molecule has 2 nitrogen and oxygen atoms in total. The van der Waals surface area contributed by atoms with E-state index in [0.717, 1.165) is 45.3 Å². The topological polar surface area (TPSA) is 18.5 Å². The Morgan fingerprint density at radius 2 is 0.611 bits per heavy atom. The maximum Gasteiger partial charge on any atom is 0.135 e. The minimum atomic E-state index is 0.891. The molecule has 0 fully saturated rings. The van der Waals surface area contributed by atoms with E-state index in [9.17, 15) is 0 Å². The third kappa shape index (κ3) is 4.22. The van der Waals surface area contributed by atoms with Crippen LogP contribution >= 0.6 is 0 Å². The summed E-state index contributed by atoms with van der Waals surface area (Å²) in [7, 11) is 0. The summed E-state index contributed by atoms with van der Waals surface area (Å²) >= 11 is 0. The van der Waals surface area contributed by atoms with Gasteiger partial charge in [0.15, 0.2) is 0 Å². The van der Waals surface area contributed by atoms with E-state index in [0.29, 0.717) is 0 Å². The molecule has 0 aliphatic carbocycles. The number of benzene rings is 10. The van der Waals surface area contributed by atoms with Gasteiger partial charge in [0.1, 0.15) is 23.0 Å². The molecule has 0 radical (unpaired) electrons. The average molecular weight is 687 g/mol. The fourth-order valence-electron chi connectivity index (χ4n) is 9.04. The summed E-state index contributed by atoms with van der Waals surface area (Å²) in [6.07, 6.45) is 0. The predicted molar refractivity (Wildman–Crippen MR) is 224 cm³/mol. The van der Waals surface area contributed by atoms with Crippen molar-refractivity contribution in [3.63, 3.8) is 0 Å². The van der Waals surface area contributed by atoms with Crippen LogP contribution in [0.2, 0.25) is 0 Å². The first-order valence-electron chi connectivity index (χ1n) is 18.5. The first-order valence-corrected chi connectivity index (χ1v) is 18.5. The summed E-state index contributed by atoms with van der Waals surface area (Å²) in [5, 5.41) is 9.61. The van der Waals surface area contributed by atoms with Crippen molar-refractivity contribution in [1.29, 1.82) is 0 Å². The largest absolute Gasteiger partial charge is 0.456 e. The smallest absolute Gasteiger partial charge is 0.135 e. The second-order valence-electron chi connectivity index (χ2n) is 14.4. The highest BCUT2D eigenvalue weighted by Crippen LogP contribution is 2.50. The second-order valence-corrected chi connectivity index (χ2v) is 14.4. The number of hydrogen-bond acceptors (Lipinski definition) is 2. The van der Waals surface area contributed by atoms with E-state index in [1.165, 1.54) is 76.5 Å².